The van der Waals surface area contributed by atoms with Crippen LogP contribution in [0.4, 0.5) is 5.88 Å². The van der Waals surface area contributed by atoms with Crippen LogP contribution in [-0.2, 0) is 0 Å². The summed E-state index contributed by atoms with van der Waals surface area (Å²) >= 11 is 1.45. The average molecular weight is 380 g/mol. The fourth-order valence-electron chi connectivity index (χ4n) is 2.76. The number of hydrogen-bond donors (Lipinski definition) is 0. The van der Waals surface area contributed by atoms with Crippen LogP contribution in [0.15, 0.2) is 63.1 Å². The lowest BCUT2D eigenvalue weighted by Gasteiger charge is -2.02. The number of rotatable bonds is 4. The summed E-state index contributed by atoms with van der Waals surface area (Å²) in [4.78, 5) is 28.9. The molecule has 134 valence electrons. The van der Waals surface area contributed by atoms with E-state index in [2.05, 4.69) is 10.1 Å². The van der Waals surface area contributed by atoms with Crippen LogP contribution in [0, 0.1) is 17.0 Å². The molecule has 3 aromatic heterocycles. The molecular formula is C18H12N4O4S. The zero-order valence-corrected chi connectivity index (χ0v) is 14.8. The second kappa shape index (κ2) is 6.61. The molecule has 0 unspecified atom stereocenters. The Labute approximate surface area is 156 Å². The second-order valence-electron chi connectivity index (χ2n) is 5.65. The number of aromatic nitrogens is 2. The van der Waals surface area contributed by atoms with E-state index >= 15 is 0 Å². The average Bonchev–Trinajstić information content (AvgIpc) is 3.26. The fourth-order valence-corrected chi connectivity index (χ4v) is 3.76. The van der Waals surface area contributed by atoms with Crippen LogP contribution >= 0.6 is 11.3 Å². The number of benzene rings is 1. The molecule has 0 bridgehead atoms. The Kier molecular flexibility index (Phi) is 4.13. The molecule has 0 radical (unpaired) electrons. The van der Waals surface area contributed by atoms with Crippen molar-refractivity contribution in [3.8, 4) is 11.1 Å². The molecular weight excluding hydrogens is 368 g/mol. The number of thiophene rings is 1. The van der Waals surface area contributed by atoms with E-state index in [1.165, 1.54) is 36.0 Å². The van der Waals surface area contributed by atoms with Crippen molar-refractivity contribution in [2.24, 2.45) is 5.10 Å². The van der Waals surface area contributed by atoms with Gasteiger partial charge in [-0.25, -0.2) is 4.98 Å². The standard InChI is InChI=1S/C18H12N4O4S/c1-11-15(12-5-3-2-4-6-12)16-17(27-11)19-10-21(18(16)23)20-9-13-7-8-14(26-13)22(24)25/h2-10H,1H3/b20-9-. The van der Waals surface area contributed by atoms with E-state index in [4.69, 9.17) is 4.42 Å². The summed E-state index contributed by atoms with van der Waals surface area (Å²) in [6, 6.07) is 12.2. The summed E-state index contributed by atoms with van der Waals surface area (Å²) in [7, 11) is 0. The first-order valence-electron chi connectivity index (χ1n) is 7.89. The largest absolute Gasteiger partial charge is 0.433 e. The molecule has 4 rings (SSSR count). The summed E-state index contributed by atoms with van der Waals surface area (Å²) in [6.07, 6.45) is 2.56. The highest BCUT2D eigenvalue weighted by Crippen LogP contribution is 2.35. The van der Waals surface area contributed by atoms with Gasteiger partial charge in [-0.2, -0.15) is 9.78 Å². The van der Waals surface area contributed by atoms with Gasteiger partial charge < -0.3 is 4.42 Å². The van der Waals surface area contributed by atoms with Gasteiger partial charge in [-0.15, -0.1) is 11.3 Å². The van der Waals surface area contributed by atoms with E-state index in [9.17, 15) is 14.9 Å². The Morgan fingerprint density at radius 3 is 2.74 bits per heavy atom. The van der Waals surface area contributed by atoms with E-state index in [1.807, 2.05) is 37.3 Å². The molecule has 0 aliphatic carbocycles. The summed E-state index contributed by atoms with van der Waals surface area (Å²) in [5, 5.41) is 15.2. The molecule has 0 N–H and O–H groups in total. The highest BCUT2D eigenvalue weighted by atomic mass is 32.1. The van der Waals surface area contributed by atoms with Gasteiger partial charge in [0.05, 0.1) is 17.7 Å². The van der Waals surface area contributed by atoms with Crippen LogP contribution < -0.4 is 5.56 Å². The molecule has 8 nitrogen and oxygen atoms in total. The maximum Gasteiger partial charge on any atom is 0.433 e. The topological polar surface area (TPSA) is 104 Å². The third-order valence-electron chi connectivity index (χ3n) is 3.94. The minimum Gasteiger partial charge on any atom is -0.400 e. The van der Waals surface area contributed by atoms with Crippen LogP contribution in [0.2, 0.25) is 0 Å². The van der Waals surface area contributed by atoms with Gasteiger partial charge in [-0.1, -0.05) is 30.3 Å². The van der Waals surface area contributed by atoms with Crippen LogP contribution in [0.3, 0.4) is 0 Å². The lowest BCUT2D eigenvalue weighted by Crippen LogP contribution is -2.16. The molecule has 0 saturated carbocycles. The molecule has 0 aliphatic heterocycles. The zero-order chi connectivity index (χ0) is 19.0. The summed E-state index contributed by atoms with van der Waals surface area (Å²) < 4.78 is 6.10. The molecule has 0 fully saturated rings. The van der Waals surface area contributed by atoms with Crippen molar-refractivity contribution in [1.82, 2.24) is 9.66 Å². The molecule has 9 heteroatoms. The maximum absolute atomic E-state index is 12.9. The predicted molar refractivity (Wildman–Crippen MR) is 102 cm³/mol. The van der Waals surface area contributed by atoms with E-state index in [0.29, 0.717) is 10.2 Å². The van der Waals surface area contributed by atoms with Crippen molar-refractivity contribution in [1.29, 1.82) is 0 Å². The normalized spacial score (nSPS) is 11.4. The third-order valence-corrected chi connectivity index (χ3v) is 4.95. The lowest BCUT2D eigenvalue weighted by atomic mass is 10.0. The van der Waals surface area contributed by atoms with Crippen molar-refractivity contribution in [3.63, 3.8) is 0 Å². The van der Waals surface area contributed by atoms with Crippen LogP contribution in [0.25, 0.3) is 21.3 Å². The van der Waals surface area contributed by atoms with Gasteiger partial charge in [0.2, 0.25) is 0 Å². The van der Waals surface area contributed by atoms with Gasteiger partial charge in [0.1, 0.15) is 16.1 Å². The second-order valence-corrected chi connectivity index (χ2v) is 6.85. The zero-order valence-electron chi connectivity index (χ0n) is 14.0. The fraction of sp³-hybridized carbons (Fsp3) is 0.0556. The number of hydrogen-bond acceptors (Lipinski definition) is 7. The van der Waals surface area contributed by atoms with E-state index < -0.39 is 10.8 Å². The van der Waals surface area contributed by atoms with Gasteiger partial charge >= 0.3 is 5.88 Å². The predicted octanol–water partition coefficient (Wildman–Crippen LogP) is 3.82. The first kappa shape index (κ1) is 16.9. The maximum atomic E-state index is 12.9. The van der Waals surface area contributed by atoms with Gasteiger partial charge in [0, 0.05) is 10.4 Å². The Bertz CT molecular complexity index is 1240. The van der Waals surface area contributed by atoms with Crippen molar-refractivity contribution >= 4 is 33.7 Å². The summed E-state index contributed by atoms with van der Waals surface area (Å²) in [6.45, 7) is 1.95. The third kappa shape index (κ3) is 3.04. The smallest absolute Gasteiger partial charge is 0.400 e. The highest BCUT2D eigenvalue weighted by molar-refractivity contribution is 7.19. The number of nitrogens with zero attached hydrogens (tertiary/aromatic N) is 4. The molecule has 0 aliphatic rings. The lowest BCUT2D eigenvalue weighted by molar-refractivity contribution is -0.402. The Morgan fingerprint density at radius 2 is 2.04 bits per heavy atom. The van der Waals surface area contributed by atoms with E-state index in [0.717, 1.165) is 20.7 Å². The van der Waals surface area contributed by atoms with Crippen LogP contribution in [0.1, 0.15) is 10.6 Å². The van der Waals surface area contributed by atoms with Crippen molar-refractivity contribution < 1.29 is 9.34 Å². The van der Waals surface area contributed by atoms with Gasteiger partial charge in [-0.05, 0) is 18.6 Å². The van der Waals surface area contributed by atoms with Gasteiger partial charge in [0.25, 0.3) is 5.56 Å². The quantitative estimate of drug-likeness (QED) is 0.304. The number of aryl methyl sites for hydroxylation is 1. The highest BCUT2D eigenvalue weighted by Gasteiger charge is 2.16. The first-order valence-corrected chi connectivity index (χ1v) is 8.71. The van der Waals surface area contributed by atoms with Gasteiger partial charge in [-0.3, -0.25) is 14.9 Å². The Balaban J connectivity index is 1.81. The summed E-state index contributed by atoms with van der Waals surface area (Å²) in [5.41, 5.74) is 1.45. The van der Waals surface area contributed by atoms with Gasteiger partial charge in [0.15, 0.2) is 5.76 Å². The SMILES string of the molecule is Cc1sc2ncn(/N=C\c3ccc([N+](=O)[O-])o3)c(=O)c2c1-c1ccccc1. The Hall–Kier alpha value is -3.59. The number of furan rings is 1. The van der Waals surface area contributed by atoms with Crippen molar-refractivity contribution in [3.05, 3.63) is 79.9 Å². The van der Waals surface area contributed by atoms with Crippen molar-refractivity contribution in [2.75, 3.05) is 0 Å². The van der Waals surface area contributed by atoms with E-state index in [1.54, 1.807) is 0 Å². The number of fused-ring (bicyclic) bond motifs is 1. The first-order chi connectivity index (χ1) is 13.0. The molecule has 0 amide bonds. The monoisotopic (exact) mass is 380 g/mol. The molecule has 27 heavy (non-hydrogen) atoms. The number of nitro groups is 1. The van der Waals surface area contributed by atoms with Crippen LogP contribution in [-0.4, -0.2) is 20.8 Å². The summed E-state index contributed by atoms with van der Waals surface area (Å²) in [5.74, 6) is -0.226. The van der Waals surface area contributed by atoms with Crippen molar-refractivity contribution in [2.45, 2.75) is 6.92 Å². The van der Waals surface area contributed by atoms with Crippen LogP contribution in [0.5, 0.6) is 0 Å². The molecule has 3 heterocycles. The minimum atomic E-state index is -0.641. The molecule has 0 saturated heterocycles. The Morgan fingerprint density at radius 1 is 1.26 bits per heavy atom. The molecule has 0 spiro atoms. The molecule has 0 atom stereocenters. The van der Waals surface area contributed by atoms with E-state index in [-0.39, 0.29) is 11.3 Å². The molecule has 1 aromatic carbocycles. The minimum absolute atomic E-state index is 0.165. The molecule has 4 aromatic rings.